The van der Waals surface area contributed by atoms with E-state index in [4.69, 9.17) is 4.74 Å². The number of aryl methyl sites for hydroxylation is 1. The molecule has 0 unspecified atom stereocenters. The summed E-state index contributed by atoms with van der Waals surface area (Å²) in [6, 6.07) is 2.04. The van der Waals surface area contributed by atoms with Crippen molar-refractivity contribution in [2.75, 3.05) is 23.8 Å². The second kappa shape index (κ2) is 17.7. The largest absolute Gasteiger partial charge is 0.419 e. The van der Waals surface area contributed by atoms with Gasteiger partial charge in [0.15, 0.2) is 0 Å². The summed E-state index contributed by atoms with van der Waals surface area (Å²) < 4.78 is 60.2. The van der Waals surface area contributed by atoms with Crippen LogP contribution in [0.5, 0.6) is 0 Å². The molecule has 1 aliphatic heterocycles. The van der Waals surface area contributed by atoms with Crippen LogP contribution < -0.4 is 10.6 Å². The molecule has 2 amide bonds. The Morgan fingerprint density at radius 3 is 2.14 bits per heavy atom. The van der Waals surface area contributed by atoms with E-state index in [2.05, 4.69) is 49.9 Å². The summed E-state index contributed by atoms with van der Waals surface area (Å²) in [5.74, 6) is -0.995. The topological polar surface area (TPSA) is 83.2 Å². The molecule has 3 rings (SSSR count). The zero-order chi connectivity index (χ0) is 32.9. The smallest absolute Gasteiger partial charge is 0.382 e. The Morgan fingerprint density at radius 2 is 1.70 bits per heavy atom. The molecule has 0 bridgehead atoms. The van der Waals surface area contributed by atoms with Crippen LogP contribution in [0, 0.1) is 18.7 Å². The average Bonchev–Trinajstić information content (AvgIpc) is 3.40. The van der Waals surface area contributed by atoms with Crippen molar-refractivity contribution in [3.05, 3.63) is 52.6 Å². The van der Waals surface area contributed by atoms with E-state index in [1.54, 1.807) is 0 Å². The van der Waals surface area contributed by atoms with E-state index >= 15 is 0 Å². The van der Waals surface area contributed by atoms with Gasteiger partial charge in [-0.3, -0.25) is 9.59 Å². The van der Waals surface area contributed by atoms with Crippen LogP contribution in [0.3, 0.4) is 0 Å². The maximum absolute atomic E-state index is 14.0. The highest BCUT2D eigenvalue weighted by Crippen LogP contribution is 2.43. The van der Waals surface area contributed by atoms with Crippen LogP contribution in [0.4, 0.5) is 28.9 Å². The predicted molar refractivity (Wildman–Crippen MR) is 168 cm³/mol. The van der Waals surface area contributed by atoms with Gasteiger partial charge in [0.2, 0.25) is 5.91 Å². The number of carbonyl (C=O) groups is 2. The summed E-state index contributed by atoms with van der Waals surface area (Å²) in [7, 11) is 0. The molecule has 0 spiro atoms. The number of aromatic nitrogens is 1. The number of allylic oxidation sites excluding steroid dienone is 1. The Labute approximate surface area is 253 Å². The summed E-state index contributed by atoms with van der Waals surface area (Å²) in [4.78, 5) is 26.4. The Hall–Kier alpha value is -3.40. The molecule has 3 N–H and O–H groups in total. The Morgan fingerprint density at radius 1 is 1.09 bits per heavy atom. The first-order valence-electron chi connectivity index (χ1n) is 14.8. The Balaban J connectivity index is 0.000000548. The summed E-state index contributed by atoms with van der Waals surface area (Å²) in [5.41, 5.74) is -0.880. The molecule has 0 aliphatic carbocycles. The number of hydrogen-bond donors (Lipinski definition) is 3. The molecule has 6 nitrogen and oxygen atoms in total. The van der Waals surface area contributed by atoms with Crippen LogP contribution in [0.2, 0.25) is 0 Å². The van der Waals surface area contributed by atoms with E-state index in [1.165, 1.54) is 46.5 Å². The van der Waals surface area contributed by atoms with E-state index in [0.717, 1.165) is 43.8 Å². The monoisotopic (exact) mass is 609 g/mol. The minimum Gasteiger partial charge on any atom is -0.382 e. The van der Waals surface area contributed by atoms with Gasteiger partial charge in [-0.2, -0.15) is 13.2 Å². The molecule has 0 radical (unpaired) electrons. The molecule has 2 aromatic rings. The third kappa shape index (κ3) is 11.3. The Kier molecular flexibility index (Phi) is 15.4. The molecule has 2 heterocycles. The number of carbonyl (C=O) groups excluding carboxylic acids is 2. The van der Waals surface area contributed by atoms with Gasteiger partial charge >= 0.3 is 6.18 Å². The summed E-state index contributed by atoms with van der Waals surface area (Å²) in [6.45, 7) is 20.5. The minimum absolute atomic E-state index is 0.0191. The quantitative estimate of drug-likeness (QED) is 0.142. The van der Waals surface area contributed by atoms with Crippen molar-refractivity contribution < 1.29 is 31.9 Å². The average molecular weight is 610 g/mol. The molecule has 0 fully saturated rings. The molecule has 0 atom stereocenters. The van der Waals surface area contributed by atoms with Crippen LogP contribution in [0.15, 0.2) is 18.7 Å². The molecule has 1 aromatic heterocycles. The molecule has 1 aromatic carbocycles. The van der Waals surface area contributed by atoms with Gasteiger partial charge in [-0.15, -0.1) is 0 Å². The molecule has 240 valence electrons. The van der Waals surface area contributed by atoms with Gasteiger partial charge in [0.05, 0.1) is 28.2 Å². The standard InChI is InChI=1S/C20H17F4N3O2.C8H18.C5H12O/c1-8(2)16-9(3)25-14(17(16)20(22,23)24)7-13-12-5-11(21)6-15(26-10(4)28)18(12)27-19(13)29;1-4-6-8(3)7-5-2;1-3-5-6-4-2/h5-7,25H,1H2,2-4H3,(H,26,28)(H,27,29);8H,4-7H2,1-3H3;3-5H2,1-2H3/b13-7-;;. The summed E-state index contributed by atoms with van der Waals surface area (Å²) in [5, 5.41) is 4.86. The first-order chi connectivity index (χ1) is 20.1. The van der Waals surface area contributed by atoms with Crippen molar-refractivity contribution >= 4 is 40.4 Å². The summed E-state index contributed by atoms with van der Waals surface area (Å²) >= 11 is 0. The fourth-order valence-corrected chi connectivity index (χ4v) is 4.84. The van der Waals surface area contributed by atoms with E-state index < -0.39 is 29.4 Å². The van der Waals surface area contributed by atoms with Crippen LogP contribution >= 0.6 is 0 Å². The van der Waals surface area contributed by atoms with Crippen molar-refractivity contribution in [3.63, 3.8) is 0 Å². The second-order valence-electron chi connectivity index (χ2n) is 10.6. The van der Waals surface area contributed by atoms with Crippen molar-refractivity contribution in [1.82, 2.24) is 4.98 Å². The molecular formula is C33H47F4N3O3. The normalized spacial score (nSPS) is 13.1. The lowest BCUT2D eigenvalue weighted by atomic mass is 9.99. The first kappa shape index (κ1) is 37.6. The van der Waals surface area contributed by atoms with Gasteiger partial charge in [0, 0.05) is 37.0 Å². The number of halogens is 4. The number of ether oxygens (including phenoxy) is 1. The lowest BCUT2D eigenvalue weighted by molar-refractivity contribution is -0.137. The lowest BCUT2D eigenvalue weighted by Gasteiger charge is -2.10. The highest BCUT2D eigenvalue weighted by Gasteiger charge is 2.39. The van der Waals surface area contributed by atoms with Crippen molar-refractivity contribution in [3.8, 4) is 0 Å². The van der Waals surface area contributed by atoms with E-state index in [0.29, 0.717) is 0 Å². The zero-order valence-electron chi connectivity index (χ0n) is 26.7. The highest BCUT2D eigenvalue weighted by atomic mass is 19.4. The van der Waals surface area contributed by atoms with Gasteiger partial charge in [0.25, 0.3) is 5.91 Å². The molecule has 10 heteroatoms. The minimum atomic E-state index is -4.70. The van der Waals surface area contributed by atoms with Gasteiger partial charge in [0.1, 0.15) is 5.82 Å². The van der Waals surface area contributed by atoms with Gasteiger partial charge < -0.3 is 20.4 Å². The number of aromatic amines is 1. The number of H-pyrrole nitrogens is 1. The molecular weight excluding hydrogens is 562 g/mol. The van der Waals surface area contributed by atoms with Gasteiger partial charge in [-0.1, -0.05) is 60.0 Å². The zero-order valence-corrected chi connectivity index (χ0v) is 26.7. The van der Waals surface area contributed by atoms with E-state index in [1.807, 2.05) is 6.92 Å². The van der Waals surface area contributed by atoms with Crippen LogP contribution in [0.1, 0.15) is 109 Å². The van der Waals surface area contributed by atoms with Gasteiger partial charge in [-0.25, -0.2) is 4.39 Å². The third-order valence-corrected chi connectivity index (χ3v) is 6.52. The predicted octanol–water partition coefficient (Wildman–Crippen LogP) is 9.62. The van der Waals surface area contributed by atoms with Gasteiger partial charge in [-0.05, 0) is 56.9 Å². The van der Waals surface area contributed by atoms with Crippen LogP contribution in [-0.2, 0) is 20.5 Å². The number of nitrogens with one attached hydrogen (secondary N) is 3. The highest BCUT2D eigenvalue weighted by molar-refractivity contribution is 6.36. The number of hydrogen-bond acceptors (Lipinski definition) is 3. The number of rotatable bonds is 10. The molecule has 43 heavy (non-hydrogen) atoms. The molecule has 0 saturated carbocycles. The third-order valence-electron chi connectivity index (χ3n) is 6.52. The number of alkyl halides is 3. The first-order valence-corrected chi connectivity index (χ1v) is 14.8. The lowest BCUT2D eigenvalue weighted by Crippen LogP contribution is -2.10. The van der Waals surface area contributed by atoms with E-state index in [9.17, 15) is 27.2 Å². The van der Waals surface area contributed by atoms with Crippen LogP contribution in [0.25, 0.3) is 17.2 Å². The number of anilines is 2. The SMILES string of the molecule is C=C(C)c1c(C)[nH]c(/C=C2\C(=O)Nc3c(NC(C)=O)cc(F)cc32)c1C(F)(F)F.CCCC(C)CCC.CCCOCC. The number of benzene rings is 1. The number of amides is 2. The fourth-order valence-electron chi connectivity index (χ4n) is 4.84. The van der Waals surface area contributed by atoms with Crippen molar-refractivity contribution in [2.24, 2.45) is 5.92 Å². The maximum atomic E-state index is 14.0. The Bertz CT molecular complexity index is 1270. The van der Waals surface area contributed by atoms with Crippen molar-refractivity contribution in [2.45, 2.75) is 93.7 Å². The van der Waals surface area contributed by atoms with Crippen LogP contribution in [-0.4, -0.2) is 30.0 Å². The number of fused-ring (bicyclic) bond motifs is 1. The van der Waals surface area contributed by atoms with E-state index in [-0.39, 0.29) is 45.0 Å². The fraction of sp³-hybridized carbons (Fsp3) is 0.515. The summed E-state index contributed by atoms with van der Waals surface area (Å²) in [6.07, 6.45) is 2.98. The molecule has 1 aliphatic rings. The maximum Gasteiger partial charge on any atom is 0.419 e. The second-order valence-corrected chi connectivity index (χ2v) is 10.6. The molecule has 0 saturated heterocycles. The van der Waals surface area contributed by atoms with Crippen molar-refractivity contribution in [1.29, 1.82) is 0 Å².